The smallest absolute Gasteiger partial charge is 0.246 e. The maximum Gasteiger partial charge on any atom is 0.246 e. The SMILES string of the molecule is O=C(COC[C@@H]1CCCCO1)NCc1cnn2cccnc12. The van der Waals surface area contributed by atoms with Crippen LogP contribution in [0.3, 0.4) is 0 Å². The zero-order valence-electron chi connectivity index (χ0n) is 12.4. The lowest BCUT2D eigenvalue weighted by Crippen LogP contribution is -2.30. The summed E-state index contributed by atoms with van der Waals surface area (Å²) >= 11 is 0. The molecular formula is C15H20N4O3. The van der Waals surface area contributed by atoms with Gasteiger partial charge in [-0.1, -0.05) is 0 Å². The first-order valence-electron chi connectivity index (χ1n) is 7.56. The lowest BCUT2D eigenvalue weighted by molar-refractivity contribution is -0.128. The van der Waals surface area contributed by atoms with Gasteiger partial charge in [-0.3, -0.25) is 4.79 Å². The number of amides is 1. The van der Waals surface area contributed by atoms with Gasteiger partial charge in [0.05, 0.1) is 18.9 Å². The van der Waals surface area contributed by atoms with Gasteiger partial charge in [-0.2, -0.15) is 5.10 Å². The van der Waals surface area contributed by atoms with Gasteiger partial charge < -0.3 is 14.8 Å². The first kappa shape index (κ1) is 14.9. The first-order valence-corrected chi connectivity index (χ1v) is 7.56. The Morgan fingerprint density at radius 1 is 1.50 bits per heavy atom. The zero-order valence-corrected chi connectivity index (χ0v) is 12.4. The van der Waals surface area contributed by atoms with Crippen LogP contribution in [0.25, 0.3) is 5.65 Å². The van der Waals surface area contributed by atoms with Crippen molar-refractivity contribution in [1.29, 1.82) is 0 Å². The molecule has 3 heterocycles. The summed E-state index contributed by atoms with van der Waals surface area (Å²) in [5.74, 6) is -0.147. The third kappa shape index (κ3) is 3.80. The Kier molecular flexibility index (Phi) is 4.97. The van der Waals surface area contributed by atoms with E-state index in [9.17, 15) is 4.79 Å². The van der Waals surface area contributed by atoms with Crippen molar-refractivity contribution in [3.8, 4) is 0 Å². The summed E-state index contributed by atoms with van der Waals surface area (Å²) in [4.78, 5) is 16.0. The molecule has 7 heteroatoms. The Morgan fingerprint density at radius 2 is 2.45 bits per heavy atom. The summed E-state index contributed by atoms with van der Waals surface area (Å²) in [6, 6.07) is 1.81. The highest BCUT2D eigenvalue weighted by Gasteiger charge is 2.14. The van der Waals surface area contributed by atoms with E-state index in [2.05, 4.69) is 15.4 Å². The molecule has 1 N–H and O–H groups in total. The average molecular weight is 304 g/mol. The summed E-state index contributed by atoms with van der Waals surface area (Å²) < 4.78 is 12.6. The predicted octanol–water partition coefficient (Wildman–Crippen LogP) is 0.931. The standard InChI is InChI=1S/C15H20N4O3/c20-14(11-21-10-13-4-1-2-7-22-13)17-8-12-9-18-19-6-3-5-16-15(12)19/h3,5-6,9,13H,1-2,4,7-8,10-11H2,(H,17,20)/t13-/m0/s1. The number of aromatic nitrogens is 3. The van der Waals surface area contributed by atoms with Crippen molar-refractivity contribution in [1.82, 2.24) is 19.9 Å². The summed E-state index contributed by atoms with van der Waals surface area (Å²) in [5.41, 5.74) is 1.63. The largest absolute Gasteiger partial charge is 0.376 e. The Morgan fingerprint density at radius 3 is 3.32 bits per heavy atom. The van der Waals surface area contributed by atoms with Crippen molar-refractivity contribution in [2.45, 2.75) is 31.9 Å². The summed E-state index contributed by atoms with van der Waals surface area (Å²) in [6.45, 7) is 1.71. The fourth-order valence-electron chi connectivity index (χ4n) is 2.47. The molecule has 1 aliphatic heterocycles. The minimum absolute atomic E-state index is 0.0481. The summed E-state index contributed by atoms with van der Waals surface area (Å²) in [7, 11) is 0. The van der Waals surface area contributed by atoms with Gasteiger partial charge in [-0.15, -0.1) is 0 Å². The van der Waals surface area contributed by atoms with Gasteiger partial charge in [0.15, 0.2) is 5.65 Å². The molecular weight excluding hydrogens is 284 g/mol. The summed E-state index contributed by atoms with van der Waals surface area (Å²) in [6.07, 6.45) is 8.66. The van der Waals surface area contributed by atoms with Crippen molar-refractivity contribution in [3.05, 3.63) is 30.2 Å². The Bertz CT molecular complexity index is 622. The normalized spacial score (nSPS) is 18.5. The minimum Gasteiger partial charge on any atom is -0.376 e. The number of fused-ring (bicyclic) bond motifs is 1. The molecule has 0 aromatic carbocycles. The van der Waals surface area contributed by atoms with E-state index >= 15 is 0 Å². The monoisotopic (exact) mass is 304 g/mol. The molecule has 2 aromatic heterocycles. The van der Waals surface area contributed by atoms with Crippen LogP contribution in [0.2, 0.25) is 0 Å². The Balaban J connectivity index is 1.40. The lowest BCUT2D eigenvalue weighted by atomic mass is 10.1. The van der Waals surface area contributed by atoms with Crippen LogP contribution in [0.5, 0.6) is 0 Å². The first-order chi connectivity index (χ1) is 10.8. The number of ether oxygens (including phenoxy) is 2. The van der Waals surface area contributed by atoms with Crippen molar-refractivity contribution in [2.24, 2.45) is 0 Å². The third-order valence-electron chi connectivity index (χ3n) is 3.64. The predicted molar refractivity (Wildman–Crippen MR) is 79.2 cm³/mol. The topological polar surface area (TPSA) is 77.8 Å². The van der Waals surface area contributed by atoms with E-state index in [0.717, 1.165) is 30.7 Å². The highest BCUT2D eigenvalue weighted by atomic mass is 16.5. The van der Waals surface area contributed by atoms with Crippen molar-refractivity contribution in [2.75, 3.05) is 19.8 Å². The molecule has 7 nitrogen and oxygen atoms in total. The molecule has 0 unspecified atom stereocenters. The van der Waals surface area contributed by atoms with Crippen LogP contribution in [-0.4, -0.2) is 46.4 Å². The summed E-state index contributed by atoms with van der Waals surface area (Å²) in [5, 5.41) is 6.99. The van der Waals surface area contributed by atoms with E-state index in [-0.39, 0.29) is 18.6 Å². The van der Waals surface area contributed by atoms with Gasteiger partial charge in [0.1, 0.15) is 6.61 Å². The van der Waals surface area contributed by atoms with Crippen molar-refractivity contribution < 1.29 is 14.3 Å². The number of nitrogens with one attached hydrogen (secondary N) is 1. The van der Waals surface area contributed by atoms with Gasteiger partial charge in [0, 0.05) is 31.1 Å². The van der Waals surface area contributed by atoms with Crippen LogP contribution < -0.4 is 5.32 Å². The van der Waals surface area contributed by atoms with Crippen molar-refractivity contribution >= 4 is 11.6 Å². The molecule has 0 saturated carbocycles. The second-order valence-electron chi connectivity index (χ2n) is 5.34. The quantitative estimate of drug-likeness (QED) is 0.859. The van der Waals surface area contributed by atoms with E-state index in [4.69, 9.17) is 9.47 Å². The number of nitrogens with zero attached hydrogens (tertiary/aromatic N) is 3. The Hall–Kier alpha value is -1.99. The number of rotatable bonds is 6. The van der Waals surface area contributed by atoms with Crippen LogP contribution in [0.15, 0.2) is 24.7 Å². The van der Waals surface area contributed by atoms with Gasteiger partial charge in [0.25, 0.3) is 0 Å². The average Bonchev–Trinajstić information content (AvgIpc) is 2.97. The van der Waals surface area contributed by atoms with Gasteiger partial charge in [-0.25, -0.2) is 9.50 Å². The van der Waals surface area contributed by atoms with Gasteiger partial charge in [-0.05, 0) is 25.3 Å². The fourth-order valence-corrected chi connectivity index (χ4v) is 2.47. The number of carbonyl (C=O) groups is 1. The highest BCUT2D eigenvalue weighted by molar-refractivity contribution is 5.77. The molecule has 3 rings (SSSR count). The third-order valence-corrected chi connectivity index (χ3v) is 3.64. The lowest BCUT2D eigenvalue weighted by Gasteiger charge is -2.22. The van der Waals surface area contributed by atoms with E-state index in [0.29, 0.717) is 13.2 Å². The second kappa shape index (κ2) is 7.33. The van der Waals surface area contributed by atoms with Crippen molar-refractivity contribution in [3.63, 3.8) is 0 Å². The highest BCUT2D eigenvalue weighted by Crippen LogP contribution is 2.12. The molecule has 0 spiro atoms. The molecule has 22 heavy (non-hydrogen) atoms. The minimum atomic E-state index is -0.147. The molecule has 1 atom stereocenters. The van der Waals surface area contributed by atoms with E-state index in [1.165, 1.54) is 6.42 Å². The maximum absolute atomic E-state index is 11.8. The van der Waals surface area contributed by atoms with Crippen LogP contribution in [0.4, 0.5) is 0 Å². The molecule has 1 saturated heterocycles. The molecule has 0 aliphatic carbocycles. The molecule has 0 bridgehead atoms. The van der Waals surface area contributed by atoms with Gasteiger partial charge in [0.2, 0.25) is 5.91 Å². The van der Waals surface area contributed by atoms with Crippen LogP contribution in [0, 0.1) is 0 Å². The number of hydrogen-bond acceptors (Lipinski definition) is 5. The second-order valence-corrected chi connectivity index (χ2v) is 5.34. The van der Waals surface area contributed by atoms with Crippen LogP contribution in [-0.2, 0) is 20.8 Å². The molecule has 1 aliphatic rings. The zero-order chi connectivity index (χ0) is 15.2. The van der Waals surface area contributed by atoms with E-state index in [1.807, 2.05) is 12.3 Å². The Labute approximate surface area is 128 Å². The fraction of sp³-hybridized carbons (Fsp3) is 0.533. The van der Waals surface area contributed by atoms with Gasteiger partial charge >= 0.3 is 0 Å². The number of carbonyl (C=O) groups excluding carboxylic acids is 1. The molecule has 1 fully saturated rings. The van der Waals surface area contributed by atoms with Crippen LogP contribution in [0.1, 0.15) is 24.8 Å². The maximum atomic E-state index is 11.8. The molecule has 0 radical (unpaired) electrons. The van der Waals surface area contributed by atoms with Crippen LogP contribution >= 0.6 is 0 Å². The van der Waals surface area contributed by atoms with E-state index in [1.54, 1.807) is 16.9 Å². The molecule has 118 valence electrons. The van der Waals surface area contributed by atoms with E-state index < -0.39 is 0 Å². The molecule has 2 aromatic rings. The molecule has 1 amide bonds. The number of hydrogen-bond donors (Lipinski definition) is 1.